The highest BCUT2D eigenvalue weighted by Crippen LogP contribution is 2.32. The Hall–Kier alpha value is -1.32. The van der Waals surface area contributed by atoms with Crippen LogP contribution >= 0.6 is 0 Å². The van der Waals surface area contributed by atoms with Gasteiger partial charge in [-0.25, -0.2) is 4.79 Å². The predicted octanol–water partition coefficient (Wildman–Crippen LogP) is 2.04. The van der Waals surface area contributed by atoms with Gasteiger partial charge in [-0.3, -0.25) is 4.79 Å². The molecule has 14 heavy (non-hydrogen) atoms. The van der Waals surface area contributed by atoms with Crippen LogP contribution in [0.15, 0.2) is 12.2 Å². The van der Waals surface area contributed by atoms with E-state index in [0.717, 1.165) is 6.42 Å². The van der Waals surface area contributed by atoms with Crippen molar-refractivity contribution >= 4 is 12.1 Å². The normalized spacial score (nSPS) is 24.7. The number of carbonyl (C=O) groups excluding carboxylic acids is 2. The predicted molar refractivity (Wildman–Crippen MR) is 49.6 cm³/mol. The summed E-state index contributed by atoms with van der Waals surface area (Å²) in [6.45, 7) is 3.61. The second-order valence-corrected chi connectivity index (χ2v) is 3.43. The van der Waals surface area contributed by atoms with Crippen molar-refractivity contribution in [2.45, 2.75) is 26.7 Å². The lowest BCUT2D eigenvalue weighted by molar-refractivity contribution is -0.147. The molecule has 1 aliphatic carbocycles. The maximum Gasteiger partial charge on any atom is 0.516 e. The first-order valence-electron chi connectivity index (χ1n) is 4.65. The van der Waals surface area contributed by atoms with Gasteiger partial charge < -0.3 is 9.47 Å². The van der Waals surface area contributed by atoms with Gasteiger partial charge in [0.25, 0.3) is 0 Å². The molecular formula is C10H14O4. The molecule has 1 rings (SSSR count). The SMILES string of the molecule is CCOC(=O)OC(=O)C1(C)C=CCC1. The highest BCUT2D eigenvalue weighted by Gasteiger charge is 2.35. The Labute approximate surface area is 82.9 Å². The molecule has 0 aromatic heterocycles. The molecule has 0 N–H and O–H groups in total. The summed E-state index contributed by atoms with van der Waals surface area (Å²) in [6, 6.07) is 0. The molecule has 4 heteroatoms. The molecule has 0 saturated carbocycles. The van der Waals surface area contributed by atoms with Gasteiger partial charge in [-0.2, -0.15) is 0 Å². The van der Waals surface area contributed by atoms with Crippen molar-refractivity contribution < 1.29 is 19.1 Å². The summed E-state index contributed by atoms with van der Waals surface area (Å²) in [5, 5.41) is 0. The lowest BCUT2D eigenvalue weighted by Crippen LogP contribution is -2.28. The van der Waals surface area contributed by atoms with E-state index in [0.29, 0.717) is 6.42 Å². The van der Waals surface area contributed by atoms with Crippen LogP contribution < -0.4 is 0 Å². The van der Waals surface area contributed by atoms with E-state index >= 15 is 0 Å². The molecular weight excluding hydrogens is 184 g/mol. The van der Waals surface area contributed by atoms with Crippen LogP contribution in [-0.4, -0.2) is 18.7 Å². The van der Waals surface area contributed by atoms with Crippen LogP contribution in [-0.2, 0) is 14.3 Å². The first kappa shape index (κ1) is 10.8. The first-order valence-corrected chi connectivity index (χ1v) is 4.65. The molecule has 0 fully saturated rings. The van der Waals surface area contributed by atoms with Crippen LogP contribution in [0.2, 0.25) is 0 Å². The lowest BCUT2D eigenvalue weighted by atomic mass is 9.91. The van der Waals surface area contributed by atoms with Crippen LogP contribution in [0.3, 0.4) is 0 Å². The van der Waals surface area contributed by atoms with Crippen molar-refractivity contribution in [3.8, 4) is 0 Å². The minimum Gasteiger partial charge on any atom is -0.434 e. The highest BCUT2D eigenvalue weighted by molar-refractivity contribution is 5.87. The number of esters is 1. The second kappa shape index (κ2) is 4.26. The van der Waals surface area contributed by atoms with Crippen molar-refractivity contribution in [2.75, 3.05) is 6.61 Å². The molecule has 0 bridgehead atoms. The van der Waals surface area contributed by atoms with E-state index in [1.807, 2.05) is 6.08 Å². The van der Waals surface area contributed by atoms with E-state index in [9.17, 15) is 9.59 Å². The van der Waals surface area contributed by atoms with Crippen LogP contribution in [0.1, 0.15) is 26.7 Å². The molecule has 0 spiro atoms. The maximum absolute atomic E-state index is 11.5. The van der Waals surface area contributed by atoms with E-state index in [-0.39, 0.29) is 6.61 Å². The lowest BCUT2D eigenvalue weighted by Gasteiger charge is -2.17. The van der Waals surface area contributed by atoms with Crippen LogP contribution in [0.25, 0.3) is 0 Å². The van der Waals surface area contributed by atoms with Gasteiger partial charge in [-0.1, -0.05) is 12.2 Å². The average Bonchev–Trinajstić information content (AvgIpc) is 2.54. The summed E-state index contributed by atoms with van der Waals surface area (Å²) in [6.07, 6.45) is 4.29. The highest BCUT2D eigenvalue weighted by atomic mass is 16.7. The summed E-state index contributed by atoms with van der Waals surface area (Å²) in [5.74, 6) is -0.537. The minimum absolute atomic E-state index is 0.207. The largest absolute Gasteiger partial charge is 0.516 e. The summed E-state index contributed by atoms with van der Waals surface area (Å²) >= 11 is 0. The third kappa shape index (κ3) is 2.34. The molecule has 1 atom stereocenters. The third-order valence-corrected chi connectivity index (χ3v) is 2.22. The summed E-state index contributed by atoms with van der Waals surface area (Å²) in [4.78, 5) is 22.3. The minimum atomic E-state index is -0.918. The summed E-state index contributed by atoms with van der Waals surface area (Å²) in [7, 11) is 0. The standard InChI is InChI=1S/C10H14O4/c1-3-13-9(12)14-8(11)10(2)6-4-5-7-10/h4,6H,3,5,7H2,1-2H3. The van der Waals surface area contributed by atoms with Crippen molar-refractivity contribution in [3.05, 3.63) is 12.2 Å². The van der Waals surface area contributed by atoms with Gasteiger partial charge >= 0.3 is 12.1 Å². The molecule has 0 heterocycles. The Morgan fingerprint density at radius 1 is 1.50 bits per heavy atom. The Kier molecular flexibility index (Phi) is 3.28. The molecule has 1 unspecified atom stereocenters. The Bertz CT molecular complexity index is 269. The van der Waals surface area contributed by atoms with Gasteiger partial charge in [-0.05, 0) is 26.7 Å². The molecule has 0 saturated heterocycles. The van der Waals surface area contributed by atoms with Gasteiger partial charge in [0, 0.05) is 0 Å². The van der Waals surface area contributed by atoms with Crippen LogP contribution in [0.5, 0.6) is 0 Å². The zero-order valence-electron chi connectivity index (χ0n) is 8.41. The first-order chi connectivity index (χ1) is 6.58. The van der Waals surface area contributed by atoms with Gasteiger partial charge in [0.2, 0.25) is 0 Å². The number of allylic oxidation sites excluding steroid dienone is 1. The number of rotatable bonds is 2. The topological polar surface area (TPSA) is 52.6 Å². The fourth-order valence-electron chi connectivity index (χ4n) is 1.32. The molecule has 0 amide bonds. The molecule has 1 aliphatic rings. The van der Waals surface area contributed by atoms with E-state index in [1.54, 1.807) is 19.9 Å². The van der Waals surface area contributed by atoms with Crippen molar-refractivity contribution in [1.82, 2.24) is 0 Å². The van der Waals surface area contributed by atoms with E-state index in [2.05, 4.69) is 9.47 Å². The van der Waals surface area contributed by atoms with E-state index in [4.69, 9.17) is 0 Å². The second-order valence-electron chi connectivity index (χ2n) is 3.43. The van der Waals surface area contributed by atoms with Crippen molar-refractivity contribution in [2.24, 2.45) is 5.41 Å². The average molecular weight is 198 g/mol. The van der Waals surface area contributed by atoms with E-state index in [1.165, 1.54) is 0 Å². The molecule has 0 aliphatic heterocycles. The third-order valence-electron chi connectivity index (χ3n) is 2.22. The fraction of sp³-hybridized carbons (Fsp3) is 0.600. The molecule has 78 valence electrons. The van der Waals surface area contributed by atoms with Gasteiger partial charge in [0.15, 0.2) is 0 Å². The maximum atomic E-state index is 11.5. The molecule has 0 aromatic carbocycles. The summed E-state index contributed by atoms with van der Waals surface area (Å²) < 4.78 is 9.04. The van der Waals surface area contributed by atoms with Gasteiger partial charge in [0.05, 0.1) is 12.0 Å². The smallest absolute Gasteiger partial charge is 0.434 e. The number of hydrogen-bond donors (Lipinski definition) is 0. The quantitative estimate of drug-likeness (QED) is 0.387. The number of carbonyl (C=O) groups is 2. The van der Waals surface area contributed by atoms with Gasteiger partial charge in [0.1, 0.15) is 0 Å². The fourth-order valence-corrected chi connectivity index (χ4v) is 1.32. The van der Waals surface area contributed by atoms with Crippen LogP contribution in [0, 0.1) is 5.41 Å². The Morgan fingerprint density at radius 2 is 2.21 bits per heavy atom. The van der Waals surface area contributed by atoms with Gasteiger partial charge in [-0.15, -0.1) is 0 Å². The summed E-state index contributed by atoms with van der Waals surface area (Å²) in [5.41, 5.74) is -0.660. The van der Waals surface area contributed by atoms with Crippen molar-refractivity contribution in [3.63, 3.8) is 0 Å². The monoisotopic (exact) mass is 198 g/mol. The number of ether oxygens (including phenoxy) is 2. The Balaban J connectivity index is 2.49. The van der Waals surface area contributed by atoms with Crippen LogP contribution in [0.4, 0.5) is 4.79 Å². The zero-order valence-corrected chi connectivity index (χ0v) is 8.41. The number of hydrogen-bond acceptors (Lipinski definition) is 4. The Morgan fingerprint density at radius 3 is 2.71 bits per heavy atom. The van der Waals surface area contributed by atoms with Crippen molar-refractivity contribution in [1.29, 1.82) is 0 Å². The zero-order chi connectivity index (χ0) is 10.6. The van der Waals surface area contributed by atoms with E-state index < -0.39 is 17.5 Å². The molecule has 0 aromatic rings. The molecule has 0 radical (unpaired) electrons. The molecule has 4 nitrogen and oxygen atoms in total.